The topological polar surface area (TPSA) is 61.4 Å². The van der Waals surface area contributed by atoms with Gasteiger partial charge in [-0.2, -0.15) is 0 Å². The molecule has 0 atom stereocenters. The highest BCUT2D eigenvalue weighted by molar-refractivity contribution is 7.91. The predicted octanol–water partition coefficient (Wildman–Crippen LogP) is 1.06. The zero-order valence-electron chi connectivity index (χ0n) is 10.9. The van der Waals surface area contributed by atoms with E-state index in [1.165, 1.54) is 29.2 Å². The van der Waals surface area contributed by atoms with Crippen molar-refractivity contribution in [3.05, 3.63) is 16.5 Å². The van der Waals surface area contributed by atoms with Gasteiger partial charge >= 0.3 is 0 Å². The lowest BCUT2D eigenvalue weighted by atomic mass is 10.3. The Hall–Kier alpha value is -0.470. The molecule has 1 aliphatic rings. The molecule has 0 spiro atoms. The Morgan fingerprint density at radius 1 is 1.44 bits per heavy atom. The number of nitrogens with zero attached hydrogens (tertiary/aromatic N) is 1. The standard InChI is InChI=1S/C11H19N3O2S2/c1-8-6-11(18(15,16)13-14(2)3)17-10(8)7-12-9-4-5-9/h6,9,12-13H,4-5,7H2,1-3H3. The third-order valence-electron chi connectivity index (χ3n) is 2.69. The van der Waals surface area contributed by atoms with E-state index in [1.807, 2.05) is 6.92 Å². The summed E-state index contributed by atoms with van der Waals surface area (Å²) >= 11 is 1.34. The summed E-state index contributed by atoms with van der Waals surface area (Å²) in [7, 11) is -0.0969. The van der Waals surface area contributed by atoms with E-state index in [9.17, 15) is 8.42 Å². The van der Waals surface area contributed by atoms with Crippen LogP contribution in [0.15, 0.2) is 10.3 Å². The van der Waals surface area contributed by atoms with Gasteiger partial charge in [-0.25, -0.2) is 13.4 Å². The van der Waals surface area contributed by atoms with Crippen molar-refractivity contribution in [2.24, 2.45) is 0 Å². The second kappa shape index (κ2) is 5.26. The molecule has 1 saturated carbocycles. The molecule has 1 heterocycles. The molecular weight excluding hydrogens is 270 g/mol. The molecule has 0 radical (unpaired) electrons. The number of thiophene rings is 1. The Morgan fingerprint density at radius 3 is 2.67 bits per heavy atom. The van der Waals surface area contributed by atoms with Crippen LogP contribution in [0.3, 0.4) is 0 Å². The van der Waals surface area contributed by atoms with Crippen LogP contribution in [0.2, 0.25) is 0 Å². The monoisotopic (exact) mass is 289 g/mol. The summed E-state index contributed by atoms with van der Waals surface area (Å²) in [6.07, 6.45) is 2.47. The molecule has 0 unspecified atom stereocenters. The maximum Gasteiger partial charge on any atom is 0.262 e. The van der Waals surface area contributed by atoms with Crippen LogP contribution in [0.4, 0.5) is 0 Å². The van der Waals surface area contributed by atoms with Crippen molar-refractivity contribution in [2.75, 3.05) is 14.1 Å². The maximum absolute atomic E-state index is 12.0. The lowest BCUT2D eigenvalue weighted by Gasteiger charge is -2.10. The second-order valence-electron chi connectivity index (χ2n) is 4.82. The lowest BCUT2D eigenvalue weighted by Crippen LogP contribution is -2.35. The van der Waals surface area contributed by atoms with Gasteiger partial charge in [0.2, 0.25) is 0 Å². The van der Waals surface area contributed by atoms with Crippen LogP contribution < -0.4 is 10.1 Å². The SMILES string of the molecule is Cc1cc(S(=O)(=O)NN(C)C)sc1CNC1CC1. The van der Waals surface area contributed by atoms with Crippen LogP contribution in [0.25, 0.3) is 0 Å². The van der Waals surface area contributed by atoms with Gasteiger partial charge < -0.3 is 5.32 Å². The third kappa shape index (κ3) is 3.52. The molecule has 7 heteroatoms. The summed E-state index contributed by atoms with van der Waals surface area (Å²) in [6.45, 7) is 2.72. The minimum atomic E-state index is -3.42. The van der Waals surface area contributed by atoms with Crippen molar-refractivity contribution in [3.63, 3.8) is 0 Å². The molecule has 0 aliphatic heterocycles. The highest BCUT2D eigenvalue weighted by atomic mass is 32.2. The van der Waals surface area contributed by atoms with Crippen molar-refractivity contribution in [3.8, 4) is 0 Å². The number of sulfonamides is 1. The molecule has 1 aromatic rings. The summed E-state index contributed by atoms with van der Waals surface area (Å²) in [4.78, 5) is 3.55. The first-order valence-electron chi connectivity index (χ1n) is 5.91. The van der Waals surface area contributed by atoms with Gasteiger partial charge in [-0.3, -0.25) is 0 Å². The number of hydrogen-bond donors (Lipinski definition) is 2. The third-order valence-corrected chi connectivity index (χ3v) is 5.89. The zero-order valence-corrected chi connectivity index (χ0v) is 12.5. The molecule has 0 amide bonds. The fraction of sp³-hybridized carbons (Fsp3) is 0.636. The van der Waals surface area contributed by atoms with Crippen molar-refractivity contribution >= 4 is 21.4 Å². The molecule has 0 bridgehead atoms. The smallest absolute Gasteiger partial charge is 0.262 e. The Labute approximate surface area is 112 Å². The normalized spacial score (nSPS) is 16.4. The molecule has 18 heavy (non-hydrogen) atoms. The molecule has 2 rings (SSSR count). The second-order valence-corrected chi connectivity index (χ2v) is 7.84. The molecular formula is C11H19N3O2S2. The van der Waals surface area contributed by atoms with E-state index >= 15 is 0 Å². The molecule has 0 saturated heterocycles. The van der Waals surface area contributed by atoms with Gasteiger partial charge in [-0.15, -0.1) is 16.2 Å². The van der Waals surface area contributed by atoms with Crippen molar-refractivity contribution in [1.29, 1.82) is 0 Å². The first-order valence-corrected chi connectivity index (χ1v) is 8.21. The van der Waals surface area contributed by atoms with Crippen LogP contribution in [0, 0.1) is 6.92 Å². The predicted molar refractivity (Wildman–Crippen MR) is 72.9 cm³/mol. The Morgan fingerprint density at radius 2 is 2.11 bits per heavy atom. The van der Waals surface area contributed by atoms with Gasteiger partial charge in [0.05, 0.1) is 0 Å². The van der Waals surface area contributed by atoms with Crippen LogP contribution in [-0.2, 0) is 16.6 Å². The highest BCUT2D eigenvalue weighted by Crippen LogP contribution is 2.27. The van der Waals surface area contributed by atoms with E-state index < -0.39 is 10.0 Å². The summed E-state index contributed by atoms with van der Waals surface area (Å²) < 4.78 is 24.4. The first-order chi connectivity index (χ1) is 8.38. The van der Waals surface area contributed by atoms with Gasteiger partial charge in [0.1, 0.15) is 4.21 Å². The first kappa shape index (κ1) is 14.0. The molecule has 0 aromatic carbocycles. The van der Waals surface area contributed by atoms with Crippen LogP contribution >= 0.6 is 11.3 Å². The molecule has 1 aromatic heterocycles. The molecule has 1 fully saturated rings. The summed E-state index contributed by atoms with van der Waals surface area (Å²) in [5.74, 6) is 0. The van der Waals surface area contributed by atoms with E-state index in [0.29, 0.717) is 10.3 Å². The average Bonchev–Trinajstić information content (AvgIpc) is 2.97. The van der Waals surface area contributed by atoms with Crippen LogP contribution in [0.1, 0.15) is 23.3 Å². The van der Waals surface area contributed by atoms with Gasteiger partial charge in [-0.05, 0) is 31.4 Å². The quantitative estimate of drug-likeness (QED) is 0.769. The van der Waals surface area contributed by atoms with Crippen LogP contribution in [-0.4, -0.2) is 33.6 Å². The van der Waals surface area contributed by atoms with Gasteiger partial charge in [0.15, 0.2) is 0 Å². The fourth-order valence-electron chi connectivity index (χ4n) is 1.61. The van der Waals surface area contributed by atoms with E-state index in [0.717, 1.165) is 17.0 Å². The minimum Gasteiger partial charge on any atom is -0.309 e. The molecule has 5 nitrogen and oxygen atoms in total. The number of nitrogens with one attached hydrogen (secondary N) is 2. The number of hydrogen-bond acceptors (Lipinski definition) is 5. The van der Waals surface area contributed by atoms with Gasteiger partial charge in [-0.1, -0.05) is 0 Å². The lowest BCUT2D eigenvalue weighted by molar-refractivity contribution is 0.364. The van der Waals surface area contributed by atoms with E-state index in [1.54, 1.807) is 20.2 Å². The van der Waals surface area contributed by atoms with Crippen molar-refractivity contribution < 1.29 is 8.42 Å². The van der Waals surface area contributed by atoms with Crippen molar-refractivity contribution in [1.82, 2.24) is 15.2 Å². The molecule has 1 aliphatic carbocycles. The number of rotatable bonds is 6. The van der Waals surface area contributed by atoms with E-state index in [4.69, 9.17) is 0 Å². The zero-order chi connectivity index (χ0) is 13.3. The largest absolute Gasteiger partial charge is 0.309 e. The highest BCUT2D eigenvalue weighted by Gasteiger charge is 2.23. The van der Waals surface area contributed by atoms with Crippen molar-refractivity contribution in [2.45, 2.75) is 36.6 Å². The Balaban J connectivity index is 2.11. The number of aryl methyl sites for hydroxylation is 1. The maximum atomic E-state index is 12.0. The Kier molecular flexibility index (Phi) is 4.08. The van der Waals surface area contributed by atoms with E-state index in [2.05, 4.69) is 10.1 Å². The Bertz CT molecular complexity index is 518. The molecule has 102 valence electrons. The van der Waals surface area contributed by atoms with Gasteiger partial charge in [0.25, 0.3) is 10.0 Å². The fourth-order valence-corrected chi connectivity index (χ4v) is 4.22. The average molecular weight is 289 g/mol. The summed E-state index contributed by atoms with van der Waals surface area (Å²) in [6, 6.07) is 2.37. The van der Waals surface area contributed by atoms with Gasteiger partial charge in [0, 0.05) is 31.6 Å². The minimum absolute atomic E-state index is 0.376. The van der Waals surface area contributed by atoms with E-state index in [-0.39, 0.29) is 0 Å². The summed E-state index contributed by atoms with van der Waals surface area (Å²) in [5, 5.41) is 4.84. The number of hydrazine groups is 1. The molecule has 2 N–H and O–H groups in total. The van der Waals surface area contributed by atoms with Crippen LogP contribution in [0.5, 0.6) is 0 Å². The summed E-state index contributed by atoms with van der Waals surface area (Å²) in [5.41, 5.74) is 1.03.